The molecule has 1 aromatic heterocycles. The number of aromatic carboxylic acids is 1. The molecule has 0 aliphatic rings. The second-order valence-corrected chi connectivity index (χ2v) is 7.54. The summed E-state index contributed by atoms with van der Waals surface area (Å²) in [6.07, 6.45) is -4.52. The number of fused-ring (bicyclic) bond motifs is 1. The molecule has 170 valence electrons. The number of aryl methyl sites for hydroxylation is 1. The molecule has 0 aliphatic heterocycles. The first-order valence-electron chi connectivity index (χ1n) is 9.97. The number of rotatable bonds is 6. The van der Waals surface area contributed by atoms with Crippen LogP contribution in [0.5, 0.6) is 5.75 Å². The molecular weight excluding hydrogens is 435 g/mol. The molecule has 0 saturated carbocycles. The summed E-state index contributed by atoms with van der Waals surface area (Å²) >= 11 is 0. The average molecular weight is 455 g/mol. The van der Waals surface area contributed by atoms with Crippen molar-refractivity contribution in [1.82, 2.24) is 9.55 Å². The first-order valence-corrected chi connectivity index (χ1v) is 9.97. The zero-order valence-corrected chi connectivity index (χ0v) is 17.8. The first-order chi connectivity index (χ1) is 15.7. The number of nitrogens with zero attached hydrogens (tertiary/aromatic N) is 2. The van der Waals surface area contributed by atoms with Crippen LogP contribution in [0.2, 0.25) is 0 Å². The molecule has 0 amide bonds. The topological polar surface area (TPSA) is 76.4 Å². The molecule has 2 N–H and O–H groups in total. The molecule has 0 aliphatic carbocycles. The van der Waals surface area contributed by atoms with Gasteiger partial charge in [0, 0.05) is 5.69 Å². The number of aromatic nitrogens is 2. The van der Waals surface area contributed by atoms with Crippen molar-refractivity contribution in [2.45, 2.75) is 19.6 Å². The van der Waals surface area contributed by atoms with E-state index in [1.54, 1.807) is 55.0 Å². The first kappa shape index (κ1) is 22.2. The maximum Gasteiger partial charge on any atom is 0.416 e. The van der Waals surface area contributed by atoms with Crippen molar-refractivity contribution in [1.29, 1.82) is 0 Å². The van der Waals surface area contributed by atoms with Gasteiger partial charge in [-0.25, -0.2) is 9.78 Å². The lowest BCUT2D eigenvalue weighted by Crippen LogP contribution is -2.13. The second-order valence-electron chi connectivity index (χ2n) is 7.54. The zero-order valence-electron chi connectivity index (χ0n) is 17.8. The average Bonchev–Trinajstić information content (AvgIpc) is 3.10. The van der Waals surface area contributed by atoms with E-state index in [1.807, 2.05) is 0 Å². The fraction of sp³-hybridized carbons (Fsp3) is 0.167. The lowest BCUT2D eigenvalue weighted by molar-refractivity contribution is -0.138. The summed E-state index contributed by atoms with van der Waals surface area (Å²) < 4.78 is 47.9. The number of carboxylic acid groups (broad SMARTS) is 1. The number of imidazole rings is 1. The van der Waals surface area contributed by atoms with E-state index in [2.05, 4.69) is 10.3 Å². The molecular formula is C24H20F3N3O3. The molecule has 6 nitrogen and oxygen atoms in total. The van der Waals surface area contributed by atoms with Crippen molar-refractivity contribution in [3.05, 3.63) is 82.9 Å². The summed E-state index contributed by atoms with van der Waals surface area (Å²) in [4.78, 5) is 15.9. The van der Waals surface area contributed by atoms with E-state index < -0.39 is 17.7 Å². The maximum absolute atomic E-state index is 13.7. The molecule has 4 rings (SSSR count). The zero-order chi connectivity index (χ0) is 23.8. The third-order valence-electron chi connectivity index (χ3n) is 5.24. The third-order valence-corrected chi connectivity index (χ3v) is 5.24. The highest BCUT2D eigenvalue weighted by atomic mass is 19.4. The largest absolute Gasteiger partial charge is 0.497 e. The summed E-state index contributed by atoms with van der Waals surface area (Å²) in [5.74, 6) is -0.185. The van der Waals surface area contributed by atoms with Crippen LogP contribution in [0, 0.1) is 6.92 Å². The van der Waals surface area contributed by atoms with Crippen molar-refractivity contribution >= 4 is 28.6 Å². The molecule has 3 aromatic carbocycles. The number of methoxy groups -OCH3 is 1. The highest BCUT2D eigenvalue weighted by molar-refractivity contribution is 5.93. The molecule has 0 radical (unpaired) electrons. The fourth-order valence-corrected chi connectivity index (χ4v) is 3.58. The number of nitrogens with one attached hydrogen (secondary N) is 1. The van der Waals surface area contributed by atoms with Gasteiger partial charge in [0.25, 0.3) is 0 Å². The van der Waals surface area contributed by atoms with Gasteiger partial charge in [-0.2, -0.15) is 13.2 Å². The Morgan fingerprint density at radius 3 is 2.45 bits per heavy atom. The second kappa shape index (κ2) is 8.50. The van der Waals surface area contributed by atoms with Crippen LogP contribution in [0.15, 0.2) is 60.7 Å². The van der Waals surface area contributed by atoms with Crippen LogP contribution < -0.4 is 10.1 Å². The minimum absolute atomic E-state index is 0.0365. The van der Waals surface area contributed by atoms with Gasteiger partial charge in [0.15, 0.2) is 0 Å². The van der Waals surface area contributed by atoms with Crippen LogP contribution in [-0.4, -0.2) is 27.7 Å². The van der Waals surface area contributed by atoms with E-state index in [0.717, 1.165) is 6.07 Å². The van der Waals surface area contributed by atoms with Gasteiger partial charge in [-0.15, -0.1) is 0 Å². The van der Waals surface area contributed by atoms with Crippen LogP contribution >= 0.6 is 0 Å². The standard InChI is InChI=1S/C24H20F3N3O3/c1-14-3-4-16(19(11-14)24(25,26)27)13-30-21-10-5-15(22(31)32)12-20(21)29-23(30)28-17-6-8-18(33-2)9-7-17/h3-12H,13H2,1-2H3,(H,28,29)(H,31,32). The molecule has 0 spiro atoms. The Hall–Kier alpha value is -4.01. The molecule has 0 saturated heterocycles. The van der Waals surface area contributed by atoms with E-state index in [0.29, 0.717) is 28.0 Å². The highest BCUT2D eigenvalue weighted by Crippen LogP contribution is 2.34. The maximum atomic E-state index is 13.7. The minimum Gasteiger partial charge on any atom is -0.497 e. The number of hydrogen-bond donors (Lipinski definition) is 2. The van der Waals surface area contributed by atoms with Crippen LogP contribution in [0.1, 0.15) is 27.0 Å². The van der Waals surface area contributed by atoms with Crippen molar-refractivity contribution in [3.63, 3.8) is 0 Å². The molecule has 0 unspecified atom stereocenters. The van der Waals surface area contributed by atoms with Crippen LogP contribution in [0.3, 0.4) is 0 Å². The minimum atomic E-state index is -4.52. The van der Waals surface area contributed by atoms with Gasteiger partial charge in [0.1, 0.15) is 5.75 Å². The molecule has 4 aromatic rings. The highest BCUT2D eigenvalue weighted by Gasteiger charge is 2.33. The van der Waals surface area contributed by atoms with E-state index in [4.69, 9.17) is 4.74 Å². The van der Waals surface area contributed by atoms with Crippen LogP contribution in [-0.2, 0) is 12.7 Å². The van der Waals surface area contributed by atoms with Gasteiger partial charge < -0.3 is 19.7 Å². The Morgan fingerprint density at radius 2 is 1.82 bits per heavy atom. The Balaban J connectivity index is 1.83. The smallest absolute Gasteiger partial charge is 0.416 e. The van der Waals surface area contributed by atoms with Gasteiger partial charge in [-0.3, -0.25) is 0 Å². The van der Waals surface area contributed by atoms with Gasteiger partial charge in [0.2, 0.25) is 5.95 Å². The van der Waals surface area contributed by atoms with Gasteiger partial charge in [0.05, 0.1) is 35.8 Å². The Morgan fingerprint density at radius 1 is 1.09 bits per heavy atom. The van der Waals surface area contributed by atoms with Gasteiger partial charge >= 0.3 is 12.1 Å². The molecule has 0 bridgehead atoms. The lowest BCUT2D eigenvalue weighted by Gasteiger charge is -2.16. The van der Waals surface area contributed by atoms with Crippen LogP contribution in [0.4, 0.5) is 24.8 Å². The number of halogens is 3. The number of ether oxygens (including phenoxy) is 1. The summed E-state index contributed by atoms with van der Waals surface area (Å²) in [5.41, 5.74) is 1.40. The monoisotopic (exact) mass is 455 g/mol. The number of carboxylic acids is 1. The summed E-state index contributed by atoms with van der Waals surface area (Å²) in [6.45, 7) is 1.49. The van der Waals surface area contributed by atoms with E-state index >= 15 is 0 Å². The molecule has 0 atom stereocenters. The number of anilines is 2. The normalized spacial score (nSPS) is 11.5. The van der Waals surface area contributed by atoms with Crippen LogP contribution in [0.25, 0.3) is 11.0 Å². The van der Waals surface area contributed by atoms with Crippen molar-refractivity contribution in [2.75, 3.05) is 12.4 Å². The van der Waals surface area contributed by atoms with E-state index in [-0.39, 0.29) is 23.6 Å². The molecule has 1 heterocycles. The van der Waals surface area contributed by atoms with Crippen molar-refractivity contribution < 1.29 is 27.8 Å². The van der Waals surface area contributed by atoms with Gasteiger partial charge in [-0.1, -0.05) is 17.7 Å². The SMILES string of the molecule is COc1ccc(Nc2nc3cc(C(=O)O)ccc3n2Cc2ccc(C)cc2C(F)(F)F)cc1. The molecule has 33 heavy (non-hydrogen) atoms. The van der Waals surface area contributed by atoms with Gasteiger partial charge in [-0.05, 0) is 61.0 Å². The van der Waals surface area contributed by atoms with E-state index in [1.165, 1.54) is 18.2 Å². The summed E-state index contributed by atoms with van der Waals surface area (Å²) in [6, 6.07) is 15.5. The number of alkyl halides is 3. The third kappa shape index (κ3) is 4.62. The number of hydrogen-bond acceptors (Lipinski definition) is 4. The Bertz CT molecular complexity index is 1330. The lowest BCUT2D eigenvalue weighted by atomic mass is 10.0. The summed E-state index contributed by atoms with van der Waals surface area (Å²) in [5, 5.41) is 12.4. The number of carbonyl (C=O) groups is 1. The summed E-state index contributed by atoms with van der Waals surface area (Å²) in [7, 11) is 1.54. The fourth-order valence-electron chi connectivity index (χ4n) is 3.58. The Labute approximate surface area is 187 Å². The Kier molecular flexibility index (Phi) is 5.71. The van der Waals surface area contributed by atoms with E-state index in [9.17, 15) is 23.1 Å². The predicted molar refractivity (Wildman–Crippen MR) is 118 cm³/mol. The molecule has 0 fully saturated rings. The predicted octanol–water partition coefficient (Wildman–Crippen LogP) is 5.86. The molecule has 9 heteroatoms. The number of benzene rings is 3. The van der Waals surface area contributed by atoms with Crippen molar-refractivity contribution in [2.24, 2.45) is 0 Å². The van der Waals surface area contributed by atoms with Crippen molar-refractivity contribution in [3.8, 4) is 5.75 Å². The quantitative estimate of drug-likeness (QED) is 0.381.